The predicted molar refractivity (Wildman–Crippen MR) is 125 cm³/mol. The number of aryl methyl sites for hydroxylation is 1. The van der Waals surface area contributed by atoms with E-state index in [0.717, 1.165) is 31.9 Å². The third-order valence-corrected chi connectivity index (χ3v) is 5.02. The van der Waals surface area contributed by atoms with Gasteiger partial charge in [0.15, 0.2) is 5.96 Å². The summed E-state index contributed by atoms with van der Waals surface area (Å²) in [6.45, 7) is 6.36. The fraction of sp³-hybridized carbons (Fsp3) is 0.550. The molecule has 0 amide bonds. The van der Waals surface area contributed by atoms with E-state index in [1.807, 2.05) is 11.6 Å². The summed E-state index contributed by atoms with van der Waals surface area (Å²) in [4.78, 5) is 6.83. The van der Waals surface area contributed by atoms with Gasteiger partial charge in [-0.25, -0.2) is 0 Å². The largest absolute Gasteiger partial charge is 0.372 e. The highest BCUT2D eigenvalue weighted by atomic mass is 127. The topological polar surface area (TPSA) is 70.4 Å². The number of halogens is 1. The van der Waals surface area contributed by atoms with Gasteiger partial charge in [-0.15, -0.1) is 34.2 Å². The van der Waals surface area contributed by atoms with E-state index in [-0.39, 0.29) is 30.0 Å². The van der Waals surface area contributed by atoms with Crippen molar-refractivity contribution in [2.75, 3.05) is 31.6 Å². The highest BCUT2D eigenvalue weighted by Crippen LogP contribution is 2.23. The smallest absolute Gasteiger partial charge is 0.191 e. The summed E-state index contributed by atoms with van der Waals surface area (Å²) in [6, 6.07) is 9.06. The Labute approximate surface area is 185 Å². The number of hydrogen-bond donors (Lipinski definition) is 2. The predicted octanol–water partition coefficient (Wildman–Crippen LogP) is 3.20. The molecule has 1 atom stereocenters. The van der Waals surface area contributed by atoms with E-state index in [2.05, 4.69) is 61.9 Å². The van der Waals surface area contributed by atoms with Crippen LogP contribution in [0.1, 0.15) is 44.2 Å². The second-order valence-corrected chi connectivity index (χ2v) is 7.06. The molecule has 0 radical (unpaired) electrons. The lowest BCUT2D eigenvalue weighted by Crippen LogP contribution is -2.39. The van der Waals surface area contributed by atoms with Gasteiger partial charge in [0.1, 0.15) is 12.7 Å². The zero-order chi connectivity index (χ0) is 18.9. The molecule has 2 aromatic rings. The van der Waals surface area contributed by atoms with Crippen LogP contribution in [0.4, 0.5) is 5.69 Å². The van der Waals surface area contributed by atoms with E-state index in [0.29, 0.717) is 0 Å². The third-order valence-electron chi connectivity index (χ3n) is 5.02. The Morgan fingerprint density at radius 1 is 1.18 bits per heavy atom. The normalized spacial score (nSPS) is 15.2. The van der Waals surface area contributed by atoms with Crippen LogP contribution in [0.3, 0.4) is 0 Å². The minimum absolute atomic E-state index is 0. The van der Waals surface area contributed by atoms with Gasteiger partial charge in [0.25, 0.3) is 0 Å². The fourth-order valence-corrected chi connectivity index (χ4v) is 3.41. The quantitative estimate of drug-likeness (QED) is 0.254. The van der Waals surface area contributed by atoms with Gasteiger partial charge in [0.05, 0.1) is 6.04 Å². The van der Waals surface area contributed by atoms with Crippen LogP contribution in [-0.4, -0.2) is 47.4 Å². The first-order valence-electron chi connectivity index (χ1n) is 9.91. The summed E-state index contributed by atoms with van der Waals surface area (Å²) in [6.07, 6.45) is 8.25. The first kappa shape index (κ1) is 22.4. The van der Waals surface area contributed by atoms with Crippen molar-refractivity contribution in [2.24, 2.45) is 4.99 Å². The molecule has 1 aliphatic rings. The molecule has 1 unspecified atom stereocenters. The number of hydrogen-bond acceptors (Lipinski definition) is 4. The Bertz CT molecular complexity index is 711. The number of anilines is 1. The van der Waals surface area contributed by atoms with Gasteiger partial charge in [-0.3, -0.25) is 4.99 Å². The summed E-state index contributed by atoms with van der Waals surface area (Å²) in [5, 5.41) is 14.5. The standard InChI is InChI=1S/C20H31N7.HI/c1-17(18-8-7-9-19(14-18)27-12-5-6-13-27)25-20(21-2)22-10-3-4-11-26-15-23-24-16-26;/h7-9,14-17H,3-6,10-13H2,1-2H3,(H2,21,22,25);1H. The Morgan fingerprint density at radius 2 is 1.93 bits per heavy atom. The van der Waals surface area contributed by atoms with E-state index in [1.165, 1.54) is 37.2 Å². The minimum Gasteiger partial charge on any atom is -0.372 e. The van der Waals surface area contributed by atoms with Gasteiger partial charge in [-0.2, -0.15) is 0 Å². The molecule has 2 heterocycles. The summed E-state index contributed by atoms with van der Waals surface area (Å²) >= 11 is 0. The second kappa shape index (κ2) is 11.9. The summed E-state index contributed by atoms with van der Waals surface area (Å²) < 4.78 is 2.00. The summed E-state index contributed by atoms with van der Waals surface area (Å²) in [5.41, 5.74) is 2.62. The molecule has 7 nitrogen and oxygen atoms in total. The van der Waals surface area contributed by atoms with Crippen LogP contribution in [0.25, 0.3) is 0 Å². The molecular formula is C20H32IN7. The van der Waals surface area contributed by atoms with Crippen LogP contribution < -0.4 is 15.5 Å². The average Bonchev–Trinajstić information content (AvgIpc) is 3.41. The zero-order valence-electron chi connectivity index (χ0n) is 16.8. The molecule has 1 aliphatic heterocycles. The van der Waals surface area contributed by atoms with E-state index >= 15 is 0 Å². The molecule has 1 aromatic carbocycles. The number of benzene rings is 1. The summed E-state index contributed by atoms with van der Waals surface area (Å²) in [7, 11) is 1.82. The minimum atomic E-state index is 0. The van der Waals surface area contributed by atoms with Crippen molar-refractivity contribution in [2.45, 2.75) is 45.2 Å². The molecule has 0 aliphatic carbocycles. The van der Waals surface area contributed by atoms with Crippen molar-refractivity contribution in [3.8, 4) is 0 Å². The van der Waals surface area contributed by atoms with Gasteiger partial charge >= 0.3 is 0 Å². The second-order valence-electron chi connectivity index (χ2n) is 7.06. The van der Waals surface area contributed by atoms with E-state index < -0.39 is 0 Å². The summed E-state index contributed by atoms with van der Waals surface area (Å²) in [5.74, 6) is 0.846. The molecule has 1 saturated heterocycles. The molecule has 8 heteroatoms. The van der Waals surface area contributed by atoms with Crippen molar-refractivity contribution in [3.63, 3.8) is 0 Å². The maximum absolute atomic E-state index is 4.36. The highest BCUT2D eigenvalue weighted by molar-refractivity contribution is 14.0. The van der Waals surface area contributed by atoms with E-state index in [1.54, 1.807) is 12.7 Å². The van der Waals surface area contributed by atoms with E-state index in [4.69, 9.17) is 0 Å². The first-order chi connectivity index (χ1) is 13.3. The zero-order valence-corrected chi connectivity index (χ0v) is 19.2. The van der Waals surface area contributed by atoms with E-state index in [9.17, 15) is 0 Å². The van der Waals surface area contributed by atoms with Crippen molar-refractivity contribution in [1.82, 2.24) is 25.4 Å². The van der Waals surface area contributed by atoms with Gasteiger partial charge in [0, 0.05) is 38.9 Å². The monoisotopic (exact) mass is 497 g/mol. The Morgan fingerprint density at radius 3 is 2.64 bits per heavy atom. The molecule has 1 aromatic heterocycles. The van der Waals surface area contributed by atoms with Gasteiger partial charge in [-0.1, -0.05) is 12.1 Å². The molecule has 0 spiro atoms. The number of nitrogens with one attached hydrogen (secondary N) is 2. The molecule has 1 fully saturated rings. The van der Waals surface area contributed by atoms with Gasteiger partial charge < -0.3 is 20.1 Å². The number of rotatable bonds is 8. The van der Waals surface area contributed by atoms with Crippen LogP contribution in [-0.2, 0) is 6.54 Å². The van der Waals surface area contributed by atoms with Crippen molar-refractivity contribution < 1.29 is 0 Å². The lowest BCUT2D eigenvalue weighted by atomic mass is 10.1. The maximum atomic E-state index is 4.36. The van der Waals surface area contributed by atoms with Crippen LogP contribution >= 0.6 is 24.0 Å². The number of nitrogens with zero attached hydrogens (tertiary/aromatic N) is 5. The molecule has 0 saturated carbocycles. The fourth-order valence-electron chi connectivity index (χ4n) is 3.41. The number of aromatic nitrogens is 3. The maximum Gasteiger partial charge on any atom is 0.191 e. The van der Waals surface area contributed by atoms with Gasteiger partial charge in [0.2, 0.25) is 0 Å². The SMILES string of the molecule is CN=C(NCCCCn1cnnc1)NC(C)c1cccc(N2CCCC2)c1.I. The first-order valence-corrected chi connectivity index (χ1v) is 9.91. The van der Waals surface area contributed by atoms with Crippen LogP contribution in [0.2, 0.25) is 0 Å². The molecule has 0 bridgehead atoms. The van der Waals surface area contributed by atoms with Crippen LogP contribution in [0.5, 0.6) is 0 Å². The van der Waals surface area contributed by atoms with Crippen molar-refractivity contribution >= 4 is 35.6 Å². The Hall–Kier alpha value is -1.84. The lowest BCUT2D eigenvalue weighted by Gasteiger charge is -2.22. The molecule has 2 N–H and O–H groups in total. The number of unbranched alkanes of at least 4 members (excludes halogenated alkanes) is 1. The molecule has 28 heavy (non-hydrogen) atoms. The van der Waals surface area contributed by atoms with Crippen molar-refractivity contribution in [1.29, 1.82) is 0 Å². The van der Waals surface area contributed by atoms with Gasteiger partial charge in [-0.05, 0) is 50.3 Å². The number of aliphatic imine (C=N–C) groups is 1. The van der Waals surface area contributed by atoms with Crippen LogP contribution in [0.15, 0.2) is 41.9 Å². The number of guanidine groups is 1. The lowest BCUT2D eigenvalue weighted by molar-refractivity contribution is 0.593. The molecule has 3 rings (SSSR count). The van der Waals surface area contributed by atoms with Crippen LogP contribution in [0, 0.1) is 0 Å². The Balaban J connectivity index is 0.00000280. The average molecular weight is 497 g/mol. The third kappa shape index (κ3) is 6.65. The molecular weight excluding hydrogens is 465 g/mol. The molecule has 154 valence electrons. The van der Waals surface area contributed by atoms with Crippen molar-refractivity contribution in [3.05, 3.63) is 42.5 Å². The highest BCUT2D eigenvalue weighted by Gasteiger charge is 2.14. The Kier molecular flexibility index (Phi) is 9.52.